The molecule has 1 aromatic heterocycles. The van der Waals surface area contributed by atoms with Gasteiger partial charge < -0.3 is 9.64 Å². The molecule has 0 spiro atoms. The van der Waals surface area contributed by atoms with Crippen LogP contribution in [0.1, 0.15) is 43.0 Å². The van der Waals surface area contributed by atoms with Crippen LogP contribution < -0.4 is 0 Å². The number of halogens is 1. The highest BCUT2D eigenvalue weighted by molar-refractivity contribution is 6.34. The van der Waals surface area contributed by atoms with Crippen molar-refractivity contribution < 1.29 is 14.3 Å². The van der Waals surface area contributed by atoms with Gasteiger partial charge >= 0.3 is 5.97 Å². The highest BCUT2D eigenvalue weighted by Crippen LogP contribution is 2.41. The highest BCUT2D eigenvalue weighted by atomic mass is 35.5. The zero-order valence-electron chi connectivity index (χ0n) is 14.9. The van der Waals surface area contributed by atoms with Crippen molar-refractivity contribution in [3.63, 3.8) is 0 Å². The van der Waals surface area contributed by atoms with Crippen LogP contribution in [0.2, 0.25) is 5.02 Å². The number of hydrogen-bond donors (Lipinski definition) is 0. The average Bonchev–Trinajstić information content (AvgIpc) is 3.22. The van der Waals surface area contributed by atoms with Gasteiger partial charge in [-0.05, 0) is 67.2 Å². The molecule has 2 aromatic rings. The first-order valence-corrected chi connectivity index (χ1v) is 9.50. The van der Waals surface area contributed by atoms with Gasteiger partial charge in [0.2, 0.25) is 0 Å². The molecule has 0 unspecified atom stereocenters. The molecule has 0 N–H and O–H groups in total. The SMILES string of the molecule is CCOC(=O)[C@@H]1C2CCC(CC2)N1C(=O)c1ccc(-n2cnnn2)cc1Cl. The Hall–Kier alpha value is -2.48. The topological polar surface area (TPSA) is 90.2 Å². The number of carbonyl (C=O) groups is 2. The predicted molar refractivity (Wildman–Crippen MR) is 96.5 cm³/mol. The maximum Gasteiger partial charge on any atom is 0.329 e. The zero-order chi connectivity index (χ0) is 19.0. The van der Waals surface area contributed by atoms with E-state index in [2.05, 4.69) is 15.5 Å². The van der Waals surface area contributed by atoms with E-state index in [-0.39, 0.29) is 23.8 Å². The Bertz CT molecular complexity index is 849. The third kappa shape index (κ3) is 3.18. The van der Waals surface area contributed by atoms with E-state index < -0.39 is 6.04 Å². The minimum absolute atomic E-state index is 0.0483. The van der Waals surface area contributed by atoms with Crippen molar-refractivity contribution in [3.05, 3.63) is 35.1 Å². The molecular weight excluding hydrogens is 370 g/mol. The molecule has 8 nitrogen and oxygen atoms in total. The van der Waals surface area contributed by atoms with Crippen LogP contribution in [0.4, 0.5) is 0 Å². The van der Waals surface area contributed by atoms with Gasteiger partial charge in [0, 0.05) is 6.04 Å². The van der Waals surface area contributed by atoms with E-state index in [4.69, 9.17) is 16.3 Å². The van der Waals surface area contributed by atoms with E-state index in [0.717, 1.165) is 25.7 Å². The molecule has 2 saturated heterocycles. The van der Waals surface area contributed by atoms with Crippen LogP contribution in [0.5, 0.6) is 0 Å². The van der Waals surface area contributed by atoms with E-state index in [1.165, 1.54) is 11.0 Å². The molecule has 3 fully saturated rings. The number of fused-ring (bicyclic) bond motifs is 3. The number of nitrogens with zero attached hydrogens (tertiary/aromatic N) is 5. The molecule has 3 aliphatic rings. The summed E-state index contributed by atoms with van der Waals surface area (Å²) in [5.74, 6) is -0.394. The van der Waals surface area contributed by atoms with E-state index in [1.807, 2.05) is 0 Å². The molecule has 2 aliphatic heterocycles. The second-order valence-corrected chi connectivity index (χ2v) is 7.30. The van der Waals surface area contributed by atoms with Gasteiger partial charge in [-0.25, -0.2) is 9.48 Å². The van der Waals surface area contributed by atoms with Crippen molar-refractivity contribution in [1.82, 2.24) is 25.1 Å². The fraction of sp³-hybridized carbons (Fsp3) is 0.500. The quantitative estimate of drug-likeness (QED) is 0.745. The number of esters is 1. The molecule has 9 heteroatoms. The molecular formula is C18H20ClN5O3. The summed E-state index contributed by atoms with van der Waals surface area (Å²) in [6.45, 7) is 2.08. The van der Waals surface area contributed by atoms with Gasteiger partial charge in [-0.1, -0.05) is 11.6 Å². The average molecular weight is 390 g/mol. The van der Waals surface area contributed by atoms with Gasteiger partial charge in [-0.3, -0.25) is 4.79 Å². The molecule has 1 atom stereocenters. The first-order valence-electron chi connectivity index (χ1n) is 9.12. The van der Waals surface area contributed by atoms with Crippen molar-refractivity contribution in [2.75, 3.05) is 6.61 Å². The van der Waals surface area contributed by atoms with Crippen molar-refractivity contribution >= 4 is 23.5 Å². The maximum atomic E-state index is 13.3. The number of carbonyl (C=O) groups excluding carboxylic acids is 2. The minimum atomic E-state index is -0.528. The lowest BCUT2D eigenvalue weighted by Crippen LogP contribution is -2.60. The maximum absolute atomic E-state index is 13.3. The van der Waals surface area contributed by atoms with Crippen LogP contribution in [0.25, 0.3) is 5.69 Å². The lowest BCUT2D eigenvalue weighted by Gasteiger charge is -2.50. The van der Waals surface area contributed by atoms with Crippen molar-refractivity contribution in [2.24, 2.45) is 5.92 Å². The predicted octanol–water partition coefficient (Wildman–Crippen LogP) is 2.26. The second kappa shape index (κ2) is 7.26. The summed E-state index contributed by atoms with van der Waals surface area (Å²) in [5.41, 5.74) is 1.03. The van der Waals surface area contributed by atoms with Crippen molar-refractivity contribution in [2.45, 2.75) is 44.7 Å². The molecule has 1 aromatic carbocycles. The smallest absolute Gasteiger partial charge is 0.329 e. The van der Waals surface area contributed by atoms with Crippen molar-refractivity contribution in [1.29, 1.82) is 0 Å². The molecule has 5 rings (SSSR count). The number of benzene rings is 1. The Morgan fingerprint density at radius 1 is 1.26 bits per heavy atom. The third-order valence-electron chi connectivity index (χ3n) is 5.44. The molecule has 0 radical (unpaired) electrons. The Morgan fingerprint density at radius 2 is 2.04 bits per heavy atom. The number of ether oxygens (including phenoxy) is 1. The molecule has 1 aliphatic carbocycles. The lowest BCUT2D eigenvalue weighted by molar-refractivity contribution is -0.156. The van der Waals surface area contributed by atoms with E-state index in [9.17, 15) is 9.59 Å². The summed E-state index contributed by atoms with van der Waals surface area (Å²) in [6.07, 6.45) is 5.17. The summed E-state index contributed by atoms with van der Waals surface area (Å²) in [6, 6.07) is 4.56. The number of hydrogen-bond acceptors (Lipinski definition) is 6. The van der Waals surface area contributed by atoms with Gasteiger partial charge in [0.05, 0.1) is 22.9 Å². The fourth-order valence-corrected chi connectivity index (χ4v) is 4.47. The Morgan fingerprint density at radius 3 is 2.67 bits per heavy atom. The van der Waals surface area contributed by atoms with E-state index in [0.29, 0.717) is 22.9 Å². The van der Waals surface area contributed by atoms with Gasteiger partial charge in [0.25, 0.3) is 5.91 Å². The molecule has 142 valence electrons. The molecule has 1 saturated carbocycles. The molecule has 3 heterocycles. The number of amides is 1. The number of rotatable bonds is 4. The molecule has 27 heavy (non-hydrogen) atoms. The number of piperidine rings is 2. The second-order valence-electron chi connectivity index (χ2n) is 6.90. The van der Waals surface area contributed by atoms with Crippen LogP contribution in [0.15, 0.2) is 24.5 Å². The largest absolute Gasteiger partial charge is 0.464 e. The highest BCUT2D eigenvalue weighted by Gasteiger charge is 2.48. The van der Waals surface area contributed by atoms with Gasteiger partial charge in [0.15, 0.2) is 0 Å². The summed E-state index contributed by atoms with van der Waals surface area (Å²) in [4.78, 5) is 27.6. The van der Waals surface area contributed by atoms with Crippen LogP contribution in [0, 0.1) is 5.92 Å². The van der Waals surface area contributed by atoms with Crippen LogP contribution in [-0.4, -0.2) is 55.7 Å². The molecule has 2 bridgehead atoms. The first-order chi connectivity index (χ1) is 13.1. The summed E-state index contributed by atoms with van der Waals surface area (Å²) < 4.78 is 6.72. The minimum Gasteiger partial charge on any atom is -0.464 e. The first kappa shape index (κ1) is 17.9. The summed E-state index contributed by atoms with van der Waals surface area (Å²) >= 11 is 6.41. The van der Waals surface area contributed by atoms with Gasteiger partial charge in [0.1, 0.15) is 12.4 Å². The fourth-order valence-electron chi connectivity index (χ4n) is 4.21. The van der Waals surface area contributed by atoms with Gasteiger partial charge in [-0.2, -0.15) is 0 Å². The van der Waals surface area contributed by atoms with E-state index in [1.54, 1.807) is 30.0 Å². The Balaban J connectivity index is 1.65. The van der Waals surface area contributed by atoms with Gasteiger partial charge in [-0.15, -0.1) is 5.10 Å². The Kier molecular flexibility index (Phi) is 4.82. The molecule has 1 amide bonds. The van der Waals surface area contributed by atoms with Crippen LogP contribution in [-0.2, 0) is 9.53 Å². The lowest BCUT2D eigenvalue weighted by atomic mass is 9.74. The monoisotopic (exact) mass is 389 g/mol. The Labute approximate surface area is 161 Å². The summed E-state index contributed by atoms with van der Waals surface area (Å²) in [5, 5.41) is 11.3. The number of tetrazole rings is 1. The summed E-state index contributed by atoms with van der Waals surface area (Å²) in [7, 11) is 0. The zero-order valence-corrected chi connectivity index (χ0v) is 15.7. The van der Waals surface area contributed by atoms with Crippen LogP contribution in [0.3, 0.4) is 0 Å². The standard InChI is InChI=1S/C18H20ClN5O3/c1-2-27-18(26)16-11-3-5-12(6-4-11)24(16)17(25)14-8-7-13(9-15(14)19)23-10-20-21-22-23/h7-12,16H,2-6H2,1H3/t11?,12?,16-/m0/s1. The third-order valence-corrected chi connectivity index (χ3v) is 5.75. The number of aromatic nitrogens is 4. The van der Waals surface area contributed by atoms with E-state index >= 15 is 0 Å². The van der Waals surface area contributed by atoms with Crippen LogP contribution >= 0.6 is 11.6 Å². The normalized spacial score (nSPS) is 24.1. The van der Waals surface area contributed by atoms with Crippen molar-refractivity contribution in [3.8, 4) is 5.69 Å².